The van der Waals surface area contributed by atoms with Crippen molar-refractivity contribution in [3.63, 3.8) is 0 Å². The molecule has 1 atom stereocenters. The minimum atomic E-state index is -0.0842. The number of H-pyrrole nitrogens is 1. The highest BCUT2D eigenvalue weighted by Crippen LogP contribution is 2.28. The van der Waals surface area contributed by atoms with Gasteiger partial charge in [-0.05, 0) is 34.6 Å². The molecule has 4 rings (SSSR count). The predicted octanol–water partition coefficient (Wildman–Crippen LogP) is 4.97. The van der Waals surface area contributed by atoms with Crippen LogP contribution in [0.15, 0.2) is 77.6 Å². The lowest BCUT2D eigenvalue weighted by Crippen LogP contribution is -2.24. The van der Waals surface area contributed by atoms with E-state index in [1.807, 2.05) is 42.5 Å². The molecule has 1 amide bonds. The topological polar surface area (TPSA) is 62.0 Å². The number of carbonyl (C=O) groups is 1. The number of rotatable bonds is 5. The van der Waals surface area contributed by atoms with E-state index in [0.29, 0.717) is 12.8 Å². The van der Waals surface area contributed by atoms with Gasteiger partial charge in [0.25, 0.3) is 5.56 Å². The first kappa shape index (κ1) is 21.8. The molecule has 1 saturated heterocycles. The molecule has 2 heterocycles. The third kappa shape index (κ3) is 5.08. The minimum Gasteiger partial charge on any atom is -0.350 e. The van der Waals surface area contributed by atoms with Crippen LogP contribution in [0.5, 0.6) is 0 Å². The fourth-order valence-corrected chi connectivity index (χ4v) is 4.07. The molecule has 2 N–H and O–H groups in total. The van der Waals surface area contributed by atoms with E-state index in [1.54, 1.807) is 0 Å². The van der Waals surface area contributed by atoms with Gasteiger partial charge in [-0.2, -0.15) is 0 Å². The highest BCUT2D eigenvalue weighted by atomic mass is 16.2. The van der Waals surface area contributed by atoms with E-state index in [0.717, 1.165) is 34.4 Å². The van der Waals surface area contributed by atoms with Crippen molar-refractivity contribution in [2.24, 2.45) is 0 Å². The smallest absolute Gasteiger partial charge is 0.251 e. The molecule has 164 valence electrons. The number of aromatic nitrogens is 1. The van der Waals surface area contributed by atoms with Crippen LogP contribution in [-0.2, 0) is 16.6 Å². The van der Waals surface area contributed by atoms with Gasteiger partial charge in [0.1, 0.15) is 0 Å². The van der Waals surface area contributed by atoms with Crippen molar-refractivity contribution in [1.29, 1.82) is 0 Å². The summed E-state index contributed by atoms with van der Waals surface area (Å²) in [7, 11) is 0. The van der Waals surface area contributed by atoms with Crippen molar-refractivity contribution >= 4 is 11.5 Å². The molecular formula is C28H30N2O2. The van der Waals surface area contributed by atoms with Gasteiger partial charge in [0.2, 0.25) is 5.91 Å². The summed E-state index contributed by atoms with van der Waals surface area (Å²) >= 11 is 0. The molecule has 3 aromatic rings. The van der Waals surface area contributed by atoms with Crippen LogP contribution in [0.4, 0.5) is 0 Å². The minimum absolute atomic E-state index is 0.0349. The average Bonchev–Trinajstić information content (AvgIpc) is 3.18. The summed E-state index contributed by atoms with van der Waals surface area (Å²) < 4.78 is 0. The van der Waals surface area contributed by atoms with Gasteiger partial charge < -0.3 is 10.3 Å². The molecule has 0 aliphatic carbocycles. The zero-order valence-electron chi connectivity index (χ0n) is 18.9. The Morgan fingerprint density at radius 1 is 0.969 bits per heavy atom. The fourth-order valence-electron chi connectivity index (χ4n) is 4.07. The van der Waals surface area contributed by atoms with Gasteiger partial charge in [-0.1, -0.05) is 87.5 Å². The van der Waals surface area contributed by atoms with E-state index in [-0.39, 0.29) is 22.9 Å². The van der Waals surface area contributed by atoms with Crippen molar-refractivity contribution in [1.82, 2.24) is 10.3 Å². The summed E-state index contributed by atoms with van der Waals surface area (Å²) in [6.07, 6.45) is 3.95. The number of amides is 1. The second-order valence-corrected chi connectivity index (χ2v) is 9.51. The Hall–Kier alpha value is -3.40. The Bertz CT molecular complexity index is 1180. The Kier molecular flexibility index (Phi) is 6.13. The quantitative estimate of drug-likeness (QED) is 0.605. The lowest BCUT2D eigenvalue weighted by molar-refractivity contribution is -0.119. The standard InChI is InChI=1S/C28H30N2O2/c1-28(2,3)22-12-9-20(10-13-22)24(18-23-14-16-26(31)29-23)25-15-11-21(27(32)30-25)17-19-7-5-4-6-8-19/h4-13,15,18,23H,14,16-17H2,1-3H3,(H,29,31)(H,30,32)/b24-18-/t23-/m1/s1. The SMILES string of the molecule is CC(C)(C)c1ccc(/C(=C/[C@H]2CCC(=O)N2)c2ccc(Cc3ccccc3)c(=O)[nH]2)cc1. The lowest BCUT2D eigenvalue weighted by Gasteiger charge is -2.20. The van der Waals surface area contributed by atoms with Crippen LogP contribution in [0.1, 0.15) is 61.6 Å². The molecule has 1 fully saturated rings. The van der Waals surface area contributed by atoms with Gasteiger partial charge in [-0.15, -0.1) is 0 Å². The molecular weight excluding hydrogens is 396 g/mol. The van der Waals surface area contributed by atoms with Gasteiger partial charge in [0.15, 0.2) is 0 Å². The summed E-state index contributed by atoms with van der Waals surface area (Å²) in [6, 6.07) is 22.3. The van der Waals surface area contributed by atoms with Gasteiger partial charge in [0, 0.05) is 35.7 Å². The van der Waals surface area contributed by atoms with Crippen molar-refractivity contribution in [2.45, 2.75) is 51.5 Å². The Morgan fingerprint density at radius 2 is 1.69 bits per heavy atom. The number of carbonyl (C=O) groups excluding carboxylic acids is 1. The Labute approximate surface area is 189 Å². The summed E-state index contributed by atoms with van der Waals surface area (Å²) in [4.78, 5) is 27.7. The van der Waals surface area contributed by atoms with Crippen LogP contribution in [0.25, 0.3) is 5.57 Å². The zero-order valence-corrected chi connectivity index (χ0v) is 18.9. The van der Waals surface area contributed by atoms with Gasteiger partial charge in [-0.3, -0.25) is 9.59 Å². The van der Waals surface area contributed by atoms with Crippen molar-refractivity contribution in [3.05, 3.63) is 111 Å². The monoisotopic (exact) mass is 426 g/mol. The summed E-state index contributed by atoms with van der Waals surface area (Å²) in [6.45, 7) is 6.57. The van der Waals surface area contributed by atoms with E-state index in [4.69, 9.17) is 0 Å². The fraction of sp³-hybridized carbons (Fsp3) is 0.286. The van der Waals surface area contributed by atoms with E-state index >= 15 is 0 Å². The highest BCUT2D eigenvalue weighted by molar-refractivity contribution is 5.82. The molecule has 1 aliphatic heterocycles. The molecule has 1 aromatic heterocycles. The molecule has 0 spiro atoms. The van der Waals surface area contributed by atoms with Gasteiger partial charge in [-0.25, -0.2) is 0 Å². The average molecular weight is 427 g/mol. The van der Waals surface area contributed by atoms with Crippen LogP contribution in [0, 0.1) is 0 Å². The molecule has 4 nitrogen and oxygen atoms in total. The van der Waals surface area contributed by atoms with Crippen molar-refractivity contribution in [2.75, 3.05) is 0 Å². The van der Waals surface area contributed by atoms with E-state index in [2.05, 4.69) is 61.4 Å². The zero-order chi connectivity index (χ0) is 22.7. The molecule has 2 aromatic carbocycles. The Balaban J connectivity index is 1.70. The summed E-state index contributed by atoms with van der Waals surface area (Å²) in [5.74, 6) is 0.0698. The summed E-state index contributed by atoms with van der Waals surface area (Å²) in [5.41, 5.74) is 5.78. The van der Waals surface area contributed by atoms with Gasteiger partial charge in [0.05, 0.1) is 0 Å². The molecule has 0 radical (unpaired) electrons. The molecule has 0 bridgehead atoms. The first-order valence-corrected chi connectivity index (χ1v) is 11.2. The van der Waals surface area contributed by atoms with Crippen LogP contribution in [0.2, 0.25) is 0 Å². The number of hydrogen-bond acceptors (Lipinski definition) is 2. The van der Waals surface area contributed by atoms with Crippen molar-refractivity contribution in [3.8, 4) is 0 Å². The number of hydrogen-bond donors (Lipinski definition) is 2. The largest absolute Gasteiger partial charge is 0.350 e. The molecule has 0 saturated carbocycles. The maximum atomic E-state index is 12.9. The van der Waals surface area contributed by atoms with Crippen LogP contribution in [-0.4, -0.2) is 16.9 Å². The first-order chi connectivity index (χ1) is 15.3. The molecule has 32 heavy (non-hydrogen) atoms. The lowest BCUT2D eigenvalue weighted by atomic mass is 9.86. The maximum Gasteiger partial charge on any atom is 0.251 e. The Morgan fingerprint density at radius 3 is 2.28 bits per heavy atom. The van der Waals surface area contributed by atoms with E-state index < -0.39 is 0 Å². The van der Waals surface area contributed by atoms with Crippen molar-refractivity contribution < 1.29 is 4.79 Å². The van der Waals surface area contributed by atoms with Crippen LogP contribution >= 0.6 is 0 Å². The molecule has 4 heteroatoms. The summed E-state index contributed by atoms with van der Waals surface area (Å²) in [5, 5.41) is 3.01. The van der Waals surface area contributed by atoms with Crippen LogP contribution in [0.3, 0.4) is 0 Å². The van der Waals surface area contributed by atoms with E-state index in [9.17, 15) is 9.59 Å². The normalized spacial score (nSPS) is 16.8. The number of aromatic amines is 1. The van der Waals surface area contributed by atoms with Crippen LogP contribution < -0.4 is 10.9 Å². The number of benzene rings is 2. The third-order valence-corrected chi connectivity index (χ3v) is 5.98. The number of nitrogens with one attached hydrogen (secondary N) is 2. The highest BCUT2D eigenvalue weighted by Gasteiger charge is 2.21. The third-order valence-electron chi connectivity index (χ3n) is 5.98. The second-order valence-electron chi connectivity index (χ2n) is 9.51. The molecule has 0 unspecified atom stereocenters. The van der Waals surface area contributed by atoms with E-state index in [1.165, 1.54) is 5.56 Å². The maximum absolute atomic E-state index is 12.9. The number of pyridine rings is 1. The molecule has 1 aliphatic rings. The second kappa shape index (κ2) is 8.99. The predicted molar refractivity (Wildman–Crippen MR) is 130 cm³/mol. The van der Waals surface area contributed by atoms with Gasteiger partial charge >= 0.3 is 0 Å². The first-order valence-electron chi connectivity index (χ1n) is 11.2.